The summed E-state index contributed by atoms with van der Waals surface area (Å²) in [5.74, 6) is 0. The Bertz CT molecular complexity index is 331. The number of halogens is 2. The van der Waals surface area contributed by atoms with E-state index in [-0.39, 0.29) is 0 Å². The van der Waals surface area contributed by atoms with Gasteiger partial charge in [0.2, 0.25) is 0 Å². The van der Waals surface area contributed by atoms with Gasteiger partial charge in [-0.25, -0.2) is 0 Å². The highest BCUT2D eigenvalue weighted by atomic mass is 35.5. The lowest BCUT2D eigenvalue weighted by molar-refractivity contribution is 0.192. The molecule has 4 heteroatoms. The molecule has 0 amide bonds. The molecule has 1 rings (SSSR count). The summed E-state index contributed by atoms with van der Waals surface area (Å²) in [7, 11) is 1.74. The maximum atomic E-state index is 6.09. The number of methoxy groups -OCH3 is 1. The number of nitrogens with one attached hydrogen (secondary N) is 1. The number of hydrogen-bond donors (Lipinski definition) is 1. The smallest absolute Gasteiger partial charge is 0.0637 e. The van der Waals surface area contributed by atoms with Crippen molar-refractivity contribution in [1.29, 1.82) is 0 Å². The van der Waals surface area contributed by atoms with E-state index in [0.717, 1.165) is 38.1 Å². The number of ether oxygens (including phenoxy) is 1. The van der Waals surface area contributed by atoms with E-state index in [1.807, 2.05) is 12.1 Å². The van der Waals surface area contributed by atoms with E-state index < -0.39 is 0 Å². The summed E-state index contributed by atoms with van der Waals surface area (Å²) in [6.45, 7) is 2.61. The molecule has 0 aliphatic carbocycles. The maximum Gasteiger partial charge on any atom is 0.0637 e. The van der Waals surface area contributed by atoms with E-state index in [4.69, 9.17) is 27.9 Å². The van der Waals surface area contributed by atoms with Gasteiger partial charge in [0.1, 0.15) is 0 Å². The standard InChI is InChI=1S/C13H19Cl2NO/c1-17-9-4-2-3-8-16-10-11-6-5-7-12(14)13(11)15/h5-7,16H,2-4,8-10H2,1H3. The highest BCUT2D eigenvalue weighted by molar-refractivity contribution is 6.42. The molecule has 2 nitrogen and oxygen atoms in total. The Morgan fingerprint density at radius 1 is 1.18 bits per heavy atom. The van der Waals surface area contributed by atoms with E-state index in [0.29, 0.717) is 10.0 Å². The van der Waals surface area contributed by atoms with Gasteiger partial charge in [-0.3, -0.25) is 0 Å². The van der Waals surface area contributed by atoms with Gasteiger partial charge >= 0.3 is 0 Å². The van der Waals surface area contributed by atoms with Crippen LogP contribution in [0.15, 0.2) is 18.2 Å². The van der Waals surface area contributed by atoms with Gasteiger partial charge in [0.25, 0.3) is 0 Å². The van der Waals surface area contributed by atoms with Crippen molar-refractivity contribution in [3.63, 3.8) is 0 Å². The van der Waals surface area contributed by atoms with Crippen molar-refractivity contribution >= 4 is 23.2 Å². The van der Waals surface area contributed by atoms with Gasteiger partial charge in [0, 0.05) is 20.3 Å². The summed E-state index contributed by atoms with van der Waals surface area (Å²) in [5, 5.41) is 4.63. The van der Waals surface area contributed by atoms with Gasteiger partial charge < -0.3 is 10.1 Å². The van der Waals surface area contributed by atoms with Crippen LogP contribution in [0.2, 0.25) is 10.0 Å². The zero-order chi connectivity index (χ0) is 12.5. The highest BCUT2D eigenvalue weighted by Gasteiger charge is 2.02. The van der Waals surface area contributed by atoms with Crippen LogP contribution in [0.4, 0.5) is 0 Å². The van der Waals surface area contributed by atoms with Crippen LogP contribution in [0.3, 0.4) is 0 Å². The van der Waals surface area contributed by atoms with Crippen LogP contribution >= 0.6 is 23.2 Å². The molecule has 17 heavy (non-hydrogen) atoms. The molecule has 0 bridgehead atoms. The first-order valence-electron chi connectivity index (χ1n) is 5.88. The molecular formula is C13H19Cl2NO. The molecule has 0 spiro atoms. The minimum Gasteiger partial charge on any atom is -0.385 e. The fraction of sp³-hybridized carbons (Fsp3) is 0.538. The molecule has 0 saturated carbocycles. The van der Waals surface area contributed by atoms with Crippen molar-refractivity contribution in [2.24, 2.45) is 0 Å². The number of benzene rings is 1. The van der Waals surface area contributed by atoms with E-state index in [1.54, 1.807) is 13.2 Å². The first kappa shape index (κ1) is 14.8. The molecule has 1 aromatic rings. The van der Waals surface area contributed by atoms with E-state index in [9.17, 15) is 0 Å². The average molecular weight is 276 g/mol. The van der Waals surface area contributed by atoms with E-state index in [1.165, 1.54) is 6.42 Å². The third kappa shape index (κ3) is 5.73. The first-order valence-corrected chi connectivity index (χ1v) is 6.64. The summed E-state index contributed by atoms with van der Waals surface area (Å²) in [6.07, 6.45) is 3.46. The molecule has 0 unspecified atom stereocenters. The van der Waals surface area contributed by atoms with Crippen LogP contribution in [0, 0.1) is 0 Å². The highest BCUT2D eigenvalue weighted by Crippen LogP contribution is 2.25. The van der Waals surface area contributed by atoms with Crippen LogP contribution in [-0.2, 0) is 11.3 Å². The van der Waals surface area contributed by atoms with Crippen molar-refractivity contribution < 1.29 is 4.74 Å². The Balaban J connectivity index is 2.16. The number of rotatable bonds is 8. The zero-order valence-electron chi connectivity index (χ0n) is 10.1. The zero-order valence-corrected chi connectivity index (χ0v) is 11.7. The van der Waals surface area contributed by atoms with Crippen molar-refractivity contribution in [2.75, 3.05) is 20.3 Å². The van der Waals surface area contributed by atoms with Crippen LogP contribution in [-0.4, -0.2) is 20.3 Å². The van der Waals surface area contributed by atoms with Gasteiger partial charge in [0.05, 0.1) is 10.0 Å². The minimum atomic E-state index is 0.617. The molecule has 0 fully saturated rings. The number of hydrogen-bond acceptors (Lipinski definition) is 2. The fourth-order valence-corrected chi connectivity index (χ4v) is 1.97. The third-order valence-corrected chi connectivity index (χ3v) is 3.41. The second kappa shape index (κ2) is 8.76. The van der Waals surface area contributed by atoms with Gasteiger partial charge in [-0.2, -0.15) is 0 Å². The maximum absolute atomic E-state index is 6.09. The predicted octanol–water partition coefficient (Wildman–Crippen LogP) is 3.90. The molecule has 96 valence electrons. The van der Waals surface area contributed by atoms with Gasteiger partial charge in [0.15, 0.2) is 0 Å². The largest absolute Gasteiger partial charge is 0.385 e. The van der Waals surface area contributed by atoms with Crippen LogP contribution in [0.5, 0.6) is 0 Å². The Labute approximate surface area is 113 Å². The minimum absolute atomic E-state index is 0.617. The molecule has 0 radical (unpaired) electrons. The molecule has 0 saturated heterocycles. The Kier molecular flexibility index (Phi) is 7.62. The summed E-state index contributed by atoms with van der Waals surface area (Å²) in [6, 6.07) is 5.72. The third-order valence-electron chi connectivity index (χ3n) is 2.55. The van der Waals surface area contributed by atoms with Crippen molar-refractivity contribution in [1.82, 2.24) is 5.32 Å². The van der Waals surface area contributed by atoms with Crippen molar-refractivity contribution in [2.45, 2.75) is 25.8 Å². The Morgan fingerprint density at radius 3 is 2.76 bits per heavy atom. The summed E-state index contributed by atoms with van der Waals surface area (Å²) in [5.41, 5.74) is 1.05. The lowest BCUT2D eigenvalue weighted by Crippen LogP contribution is -2.15. The average Bonchev–Trinajstić information content (AvgIpc) is 2.33. The lowest BCUT2D eigenvalue weighted by atomic mass is 10.2. The van der Waals surface area contributed by atoms with Crippen LogP contribution in [0.1, 0.15) is 24.8 Å². The second-order valence-electron chi connectivity index (χ2n) is 3.94. The predicted molar refractivity (Wildman–Crippen MR) is 73.9 cm³/mol. The molecule has 1 N–H and O–H groups in total. The SMILES string of the molecule is COCCCCCNCc1cccc(Cl)c1Cl. The van der Waals surface area contributed by atoms with Crippen molar-refractivity contribution in [3.05, 3.63) is 33.8 Å². The molecule has 0 heterocycles. The molecule has 0 atom stereocenters. The van der Waals surface area contributed by atoms with E-state index >= 15 is 0 Å². The van der Waals surface area contributed by atoms with Gasteiger partial charge in [-0.05, 0) is 37.4 Å². The molecule has 1 aromatic carbocycles. The van der Waals surface area contributed by atoms with Crippen LogP contribution in [0.25, 0.3) is 0 Å². The summed E-state index contributed by atoms with van der Waals surface area (Å²) < 4.78 is 4.99. The normalized spacial score (nSPS) is 10.8. The monoisotopic (exact) mass is 275 g/mol. The molecule has 0 aromatic heterocycles. The summed E-state index contributed by atoms with van der Waals surface area (Å²) in [4.78, 5) is 0. The quantitative estimate of drug-likeness (QED) is 0.727. The van der Waals surface area contributed by atoms with E-state index in [2.05, 4.69) is 5.32 Å². The molecule has 0 aliphatic heterocycles. The summed E-state index contributed by atoms with van der Waals surface area (Å²) >= 11 is 12.0. The topological polar surface area (TPSA) is 21.3 Å². The molecular weight excluding hydrogens is 257 g/mol. The Morgan fingerprint density at radius 2 is 2.00 bits per heavy atom. The Hall–Kier alpha value is -0.280. The number of unbranched alkanes of at least 4 members (excludes halogenated alkanes) is 2. The van der Waals surface area contributed by atoms with Crippen LogP contribution < -0.4 is 5.32 Å². The fourth-order valence-electron chi connectivity index (χ4n) is 1.58. The molecule has 0 aliphatic rings. The first-order chi connectivity index (χ1) is 8.25. The van der Waals surface area contributed by atoms with Gasteiger partial charge in [-0.15, -0.1) is 0 Å². The van der Waals surface area contributed by atoms with Crippen molar-refractivity contribution in [3.8, 4) is 0 Å². The van der Waals surface area contributed by atoms with Gasteiger partial charge in [-0.1, -0.05) is 35.3 Å². The second-order valence-corrected chi connectivity index (χ2v) is 4.73. The lowest BCUT2D eigenvalue weighted by Gasteiger charge is -2.07.